The first-order valence-electron chi connectivity index (χ1n) is 12.3. The van der Waals surface area contributed by atoms with E-state index in [0.717, 1.165) is 49.7 Å². The topological polar surface area (TPSA) is 84.8 Å². The van der Waals surface area contributed by atoms with Gasteiger partial charge in [-0.1, -0.05) is 98.1 Å². The Morgan fingerprint density at radius 1 is 0.912 bits per heavy atom. The van der Waals surface area contributed by atoms with Crippen molar-refractivity contribution in [1.29, 1.82) is 0 Å². The third-order valence-electron chi connectivity index (χ3n) is 6.16. The summed E-state index contributed by atoms with van der Waals surface area (Å²) in [5.41, 5.74) is 2.44. The summed E-state index contributed by atoms with van der Waals surface area (Å²) in [4.78, 5) is 17.9. The number of benzene rings is 2. The third-order valence-corrected chi connectivity index (χ3v) is 7.65. The van der Waals surface area contributed by atoms with Crippen LogP contribution in [-0.2, 0) is 26.1 Å². The molecule has 0 bridgehead atoms. The SMILES string of the molecule is Cc1ccc(S(=O)(=O)N[C@H]2CCCCCCCCCC/C2=N\OC(=O)Cc2ccccc2)cc1. The number of nitrogens with one attached hydrogen (secondary N) is 1. The van der Waals surface area contributed by atoms with Gasteiger partial charge in [0.2, 0.25) is 10.0 Å². The molecule has 1 aliphatic carbocycles. The van der Waals surface area contributed by atoms with Crippen LogP contribution in [0.2, 0.25) is 0 Å². The number of hydrogen-bond donors (Lipinski definition) is 1. The van der Waals surface area contributed by atoms with Crippen molar-refractivity contribution in [2.45, 2.75) is 88.5 Å². The highest BCUT2D eigenvalue weighted by atomic mass is 32.2. The van der Waals surface area contributed by atoms with Crippen molar-refractivity contribution in [2.75, 3.05) is 0 Å². The monoisotopic (exact) mass is 484 g/mol. The van der Waals surface area contributed by atoms with Gasteiger partial charge in [-0.05, 0) is 43.9 Å². The van der Waals surface area contributed by atoms with Crippen LogP contribution in [0.3, 0.4) is 0 Å². The highest BCUT2D eigenvalue weighted by Gasteiger charge is 2.25. The summed E-state index contributed by atoms with van der Waals surface area (Å²) in [5, 5.41) is 4.22. The van der Waals surface area contributed by atoms with Gasteiger partial charge in [0, 0.05) is 0 Å². The zero-order valence-corrected chi connectivity index (χ0v) is 20.9. The standard InChI is InChI=1S/C27H36N2O4S/c1-22-17-19-24(20-18-22)34(31,32)29-26-16-12-7-5-3-2-4-6-11-15-25(26)28-33-27(30)21-23-13-9-8-10-14-23/h8-10,13-14,17-20,26,29H,2-7,11-12,15-16,21H2,1H3/b28-25+/t26-/m0/s1. The number of rotatable bonds is 6. The minimum Gasteiger partial charge on any atom is -0.318 e. The van der Waals surface area contributed by atoms with Gasteiger partial charge in [0.05, 0.1) is 23.1 Å². The van der Waals surface area contributed by atoms with Gasteiger partial charge in [0.15, 0.2) is 0 Å². The molecule has 1 saturated carbocycles. The van der Waals surface area contributed by atoms with E-state index in [1.54, 1.807) is 24.3 Å². The van der Waals surface area contributed by atoms with Gasteiger partial charge in [0.25, 0.3) is 0 Å². The Balaban J connectivity index is 1.78. The molecule has 2 aromatic carbocycles. The molecule has 1 aliphatic rings. The van der Waals surface area contributed by atoms with E-state index in [4.69, 9.17) is 4.84 Å². The Morgan fingerprint density at radius 3 is 2.21 bits per heavy atom. The van der Waals surface area contributed by atoms with Crippen LogP contribution in [-0.4, -0.2) is 26.1 Å². The number of nitrogens with zero attached hydrogens (tertiary/aromatic N) is 1. The molecule has 0 spiro atoms. The normalized spacial score (nSPS) is 19.7. The van der Waals surface area contributed by atoms with Gasteiger partial charge in [-0.2, -0.15) is 0 Å². The highest BCUT2D eigenvalue weighted by molar-refractivity contribution is 7.89. The summed E-state index contributed by atoms with van der Waals surface area (Å²) in [7, 11) is -3.73. The van der Waals surface area contributed by atoms with Gasteiger partial charge >= 0.3 is 5.97 Å². The Kier molecular flexibility index (Phi) is 10.3. The molecule has 0 amide bonds. The second kappa shape index (κ2) is 13.4. The molecule has 34 heavy (non-hydrogen) atoms. The molecular weight excluding hydrogens is 448 g/mol. The molecule has 0 radical (unpaired) electrons. The lowest BCUT2D eigenvalue weighted by Gasteiger charge is -2.21. The lowest BCUT2D eigenvalue weighted by atomic mass is 9.97. The van der Waals surface area contributed by atoms with E-state index in [1.165, 1.54) is 12.8 Å². The molecule has 184 valence electrons. The van der Waals surface area contributed by atoms with Crippen molar-refractivity contribution >= 4 is 21.7 Å². The Bertz CT molecular complexity index is 1030. The highest BCUT2D eigenvalue weighted by Crippen LogP contribution is 2.19. The molecule has 1 N–H and O–H groups in total. The summed E-state index contributed by atoms with van der Waals surface area (Å²) in [6.45, 7) is 1.92. The van der Waals surface area contributed by atoms with Crippen molar-refractivity contribution in [3.63, 3.8) is 0 Å². The van der Waals surface area contributed by atoms with Crippen molar-refractivity contribution in [2.24, 2.45) is 5.16 Å². The Morgan fingerprint density at radius 2 is 1.53 bits per heavy atom. The molecule has 3 rings (SSSR count). The number of carbonyl (C=O) groups is 1. The van der Waals surface area contributed by atoms with E-state index in [-0.39, 0.29) is 11.3 Å². The largest absolute Gasteiger partial charge is 0.339 e. The summed E-state index contributed by atoms with van der Waals surface area (Å²) < 4.78 is 29.1. The maximum atomic E-state index is 13.1. The molecule has 0 aromatic heterocycles. The van der Waals surface area contributed by atoms with Gasteiger partial charge in [-0.3, -0.25) is 0 Å². The van der Waals surface area contributed by atoms with E-state index >= 15 is 0 Å². The molecule has 0 heterocycles. The van der Waals surface area contributed by atoms with Crippen LogP contribution in [0, 0.1) is 6.92 Å². The zero-order chi connectivity index (χ0) is 24.2. The fraction of sp³-hybridized carbons (Fsp3) is 0.481. The fourth-order valence-corrected chi connectivity index (χ4v) is 5.43. The Labute approximate surface area is 203 Å². The molecule has 0 saturated heterocycles. The first-order valence-corrected chi connectivity index (χ1v) is 13.8. The second-order valence-corrected chi connectivity index (χ2v) is 10.8. The first kappa shape index (κ1) is 26.1. The maximum Gasteiger partial charge on any atom is 0.339 e. The van der Waals surface area contributed by atoms with Crippen LogP contribution >= 0.6 is 0 Å². The average molecular weight is 485 g/mol. The number of oxime groups is 1. The van der Waals surface area contributed by atoms with Crippen molar-refractivity contribution in [3.8, 4) is 0 Å². The van der Waals surface area contributed by atoms with Gasteiger partial charge in [-0.25, -0.2) is 17.9 Å². The summed E-state index contributed by atoms with van der Waals surface area (Å²) in [6, 6.07) is 15.7. The number of aryl methyl sites for hydroxylation is 1. The number of carbonyl (C=O) groups excluding carboxylic acids is 1. The van der Waals surface area contributed by atoms with Crippen molar-refractivity contribution in [3.05, 3.63) is 65.7 Å². The van der Waals surface area contributed by atoms with Crippen molar-refractivity contribution < 1.29 is 18.0 Å². The van der Waals surface area contributed by atoms with Gasteiger partial charge < -0.3 is 4.84 Å². The van der Waals surface area contributed by atoms with Crippen LogP contribution in [0.4, 0.5) is 0 Å². The zero-order valence-electron chi connectivity index (χ0n) is 20.0. The number of sulfonamides is 1. The summed E-state index contributed by atoms with van der Waals surface area (Å²) in [5.74, 6) is -0.454. The van der Waals surface area contributed by atoms with E-state index in [0.29, 0.717) is 18.6 Å². The van der Waals surface area contributed by atoms with E-state index in [9.17, 15) is 13.2 Å². The molecule has 7 heteroatoms. The van der Waals surface area contributed by atoms with Crippen LogP contribution in [0.1, 0.15) is 75.3 Å². The molecule has 0 unspecified atom stereocenters. The van der Waals surface area contributed by atoms with Crippen molar-refractivity contribution in [1.82, 2.24) is 4.72 Å². The fourth-order valence-electron chi connectivity index (χ4n) is 4.17. The Hall–Kier alpha value is -2.51. The third kappa shape index (κ3) is 8.69. The van der Waals surface area contributed by atoms with E-state index < -0.39 is 22.0 Å². The van der Waals surface area contributed by atoms with Crippen LogP contribution in [0.25, 0.3) is 0 Å². The summed E-state index contributed by atoms with van der Waals surface area (Å²) >= 11 is 0. The number of hydrogen-bond acceptors (Lipinski definition) is 5. The molecule has 6 nitrogen and oxygen atoms in total. The smallest absolute Gasteiger partial charge is 0.318 e. The summed E-state index contributed by atoms with van der Waals surface area (Å²) in [6.07, 6.45) is 9.96. The van der Waals surface area contributed by atoms with Crippen LogP contribution < -0.4 is 4.72 Å². The van der Waals surface area contributed by atoms with E-state index in [1.807, 2.05) is 37.3 Å². The molecular formula is C27H36N2O4S. The minimum absolute atomic E-state index is 0.122. The van der Waals surface area contributed by atoms with Gasteiger partial charge in [-0.15, -0.1) is 0 Å². The minimum atomic E-state index is -3.73. The lowest BCUT2D eigenvalue weighted by molar-refractivity contribution is -0.142. The van der Waals surface area contributed by atoms with Gasteiger partial charge in [0.1, 0.15) is 0 Å². The molecule has 2 aromatic rings. The quantitative estimate of drug-likeness (QED) is 0.421. The molecule has 0 aliphatic heterocycles. The molecule has 1 atom stereocenters. The lowest BCUT2D eigenvalue weighted by Crippen LogP contribution is -2.41. The maximum absolute atomic E-state index is 13.1. The average Bonchev–Trinajstić information content (AvgIpc) is 2.81. The predicted molar refractivity (Wildman–Crippen MR) is 135 cm³/mol. The first-order chi connectivity index (χ1) is 16.4. The predicted octanol–water partition coefficient (Wildman–Crippen LogP) is 5.70. The molecule has 1 fully saturated rings. The van der Waals surface area contributed by atoms with Crippen LogP contribution in [0.15, 0.2) is 64.6 Å². The van der Waals surface area contributed by atoms with Crippen LogP contribution in [0.5, 0.6) is 0 Å². The second-order valence-electron chi connectivity index (χ2n) is 9.06. The van der Waals surface area contributed by atoms with E-state index in [2.05, 4.69) is 9.88 Å².